The van der Waals surface area contributed by atoms with Crippen molar-refractivity contribution in [2.45, 2.75) is 0 Å². The Bertz CT molecular complexity index is 588. The van der Waals surface area contributed by atoms with Crippen molar-refractivity contribution >= 4 is 17.3 Å². The number of hydrogen-bond donors (Lipinski definition) is 2. The molecule has 0 aliphatic rings. The van der Waals surface area contributed by atoms with Crippen LogP contribution in [0.2, 0.25) is 0 Å². The second-order valence-corrected chi connectivity index (χ2v) is 3.26. The zero-order valence-electron chi connectivity index (χ0n) is 9.78. The van der Waals surface area contributed by atoms with Gasteiger partial charge in [-0.15, -0.1) is 0 Å². The maximum atomic E-state index is 10.8. The van der Waals surface area contributed by atoms with Gasteiger partial charge in [-0.05, 0) is 12.1 Å². The summed E-state index contributed by atoms with van der Waals surface area (Å²) in [4.78, 5) is 20.7. The zero-order chi connectivity index (χ0) is 14.4. The minimum Gasteiger partial charge on any atom is -0.490 e. The minimum absolute atomic E-state index is 0.0817. The fourth-order valence-electron chi connectivity index (χ4n) is 1.22. The molecule has 2 N–H and O–H groups in total. The number of benzene rings is 1. The van der Waals surface area contributed by atoms with E-state index in [0.29, 0.717) is 0 Å². The van der Waals surface area contributed by atoms with Crippen LogP contribution in [-0.2, 0) is 4.79 Å². The fraction of sp³-hybridized carbons (Fsp3) is 0.0909. The van der Waals surface area contributed by atoms with E-state index in [-0.39, 0.29) is 17.1 Å². The summed E-state index contributed by atoms with van der Waals surface area (Å²) in [5.74, 6) is -1.31. The number of carboxylic acid groups (broad SMARTS) is 1. The molecule has 0 aliphatic heterocycles. The van der Waals surface area contributed by atoms with E-state index < -0.39 is 16.5 Å². The Morgan fingerprint density at radius 2 is 2.32 bits per heavy atom. The summed E-state index contributed by atoms with van der Waals surface area (Å²) >= 11 is 0. The van der Waals surface area contributed by atoms with Gasteiger partial charge in [-0.1, -0.05) is 0 Å². The number of carbonyl (C=O) groups is 1. The van der Waals surface area contributed by atoms with E-state index in [0.717, 1.165) is 6.20 Å². The van der Waals surface area contributed by atoms with Crippen LogP contribution in [0.15, 0.2) is 30.0 Å². The summed E-state index contributed by atoms with van der Waals surface area (Å²) in [7, 11) is 1.30. The Balaban J connectivity index is 3.05. The van der Waals surface area contributed by atoms with Crippen LogP contribution < -0.4 is 10.1 Å². The first-order chi connectivity index (χ1) is 8.99. The molecule has 98 valence electrons. The summed E-state index contributed by atoms with van der Waals surface area (Å²) in [6.45, 7) is 0. The molecule has 0 aromatic heterocycles. The lowest BCUT2D eigenvalue weighted by Gasteiger charge is -2.04. The second-order valence-electron chi connectivity index (χ2n) is 3.26. The lowest BCUT2D eigenvalue weighted by molar-refractivity contribution is -0.385. The molecule has 8 nitrogen and oxygen atoms in total. The highest BCUT2D eigenvalue weighted by molar-refractivity contribution is 5.91. The van der Waals surface area contributed by atoms with Crippen LogP contribution >= 0.6 is 0 Å². The molecule has 0 heterocycles. The van der Waals surface area contributed by atoms with E-state index >= 15 is 0 Å². The Kier molecular flexibility index (Phi) is 4.43. The SMILES string of the molecule is COc1ccc(NC=C(C#N)C(=O)O)cc1[N+](=O)[O-]. The number of aliphatic carboxylic acids is 1. The monoisotopic (exact) mass is 263 g/mol. The van der Waals surface area contributed by atoms with Gasteiger partial charge in [-0.3, -0.25) is 10.1 Å². The first-order valence-electron chi connectivity index (χ1n) is 4.92. The van der Waals surface area contributed by atoms with E-state index in [1.807, 2.05) is 0 Å². The Hall–Kier alpha value is -3.08. The molecule has 0 atom stereocenters. The predicted molar refractivity (Wildman–Crippen MR) is 64.6 cm³/mol. The van der Waals surface area contributed by atoms with Crippen molar-refractivity contribution in [2.75, 3.05) is 12.4 Å². The smallest absolute Gasteiger partial charge is 0.347 e. The second kappa shape index (κ2) is 6.02. The van der Waals surface area contributed by atoms with Gasteiger partial charge in [-0.2, -0.15) is 5.26 Å². The van der Waals surface area contributed by atoms with E-state index in [4.69, 9.17) is 15.1 Å². The van der Waals surface area contributed by atoms with Crippen LogP contribution in [0.4, 0.5) is 11.4 Å². The molecule has 0 fully saturated rings. The first kappa shape index (κ1) is 14.0. The van der Waals surface area contributed by atoms with Crippen LogP contribution in [0, 0.1) is 21.4 Å². The predicted octanol–water partition coefficient (Wildman–Crippen LogP) is 1.51. The Labute approximate surface area is 107 Å². The Morgan fingerprint density at radius 1 is 1.63 bits per heavy atom. The topological polar surface area (TPSA) is 125 Å². The van der Waals surface area contributed by atoms with Crippen molar-refractivity contribution in [3.05, 3.63) is 40.1 Å². The number of anilines is 1. The van der Waals surface area contributed by atoms with Gasteiger partial charge >= 0.3 is 11.7 Å². The van der Waals surface area contributed by atoms with Crippen LogP contribution in [0.5, 0.6) is 5.75 Å². The van der Waals surface area contributed by atoms with Crippen LogP contribution in [0.3, 0.4) is 0 Å². The highest BCUT2D eigenvalue weighted by Gasteiger charge is 2.15. The van der Waals surface area contributed by atoms with Crippen molar-refractivity contribution in [3.8, 4) is 11.8 Å². The zero-order valence-corrected chi connectivity index (χ0v) is 9.78. The molecule has 0 saturated carbocycles. The van der Waals surface area contributed by atoms with E-state index in [2.05, 4.69) is 5.32 Å². The fourth-order valence-corrected chi connectivity index (χ4v) is 1.22. The third-order valence-electron chi connectivity index (χ3n) is 2.11. The standard InChI is InChI=1S/C11H9N3O5/c1-19-10-3-2-8(4-9(10)14(17)18)13-6-7(5-12)11(15)16/h2-4,6,13H,1H3,(H,15,16). The molecule has 1 aromatic rings. The number of nitrogens with one attached hydrogen (secondary N) is 1. The molecule has 1 aromatic carbocycles. The van der Waals surface area contributed by atoms with E-state index in [1.54, 1.807) is 0 Å². The van der Waals surface area contributed by atoms with Crippen LogP contribution in [0.1, 0.15) is 0 Å². The molecule has 0 amide bonds. The third kappa shape index (κ3) is 3.44. The van der Waals surface area contributed by atoms with Crippen LogP contribution in [-0.4, -0.2) is 23.1 Å². The van der Waals surface area contributed by atoms with Crippen molar-refractivity contribution in [1.82, 2.24) is 0 Å². The van der Waals surface area contributed by atoms with Gasteiger partial charge in [0.05, 0.1) is 12.0 Å². The molecule has 0 aliphatic carbocycles. The van der Waals surface area contributed by atoms with Crippen molar-refractivity contribution in [1.29, 1.82) is 5.26 Å². The summed E-state index contributed by atoms with van der Waals surface area (Å²) < 4.78 is 4.82. The van der Waals surface area contributed by atoms with Crippen molar-refractivity contribution < 1.29 is 19.6 Å². The lowest BCUT2D eigenvalue weighted by atomic mass is 10.2. The van der Waals surface area contributed by atoms with E-state index in [9.17, 15) is 14.9 Å². The first-order valence-corrected chi connectivity index (χ1v) is 4.92. The summed E-state index contributed by atoms with van der Waals surface area (Å²) in [6.07, 6.45) is 0.952. The number of nitriles is 1. The average Bonchev–Trinajstić information content (AvgIpc) is 2.38. The van der Waals surface area contributed by atoms with Gasteiger partial charge in [0.25, 0.3) is 0 Å². The largest absolute Gasteiger partial charge is 0.490 e. The summed E-state index contributed by atoms with van der Waals surface area (Å²) in [5.41, 5.74) is -0.519. The number of nitro benzene ring substituents is 1. The van der Waals surface area contributed by atoms with Gasteiger partial charge in [0, 0.05) is 18.0 Å². The normalized spacial score (nSPS) is 10.4. The molecule has 0 radical (unpaired) electrons. The Morgan fingerprint density at radius 3 is 2.79 bits per heavy atom. The molecule has 0 saturated heterocycles. The minimum atomic E-state index is -1.39. The van der Waals surface area contributed by atoms with Gasteiger partial charge in [0.1, 0.15) is 6.07 Å². The maximum Gasteiger partial charge on any atom is 0.347 e. The summed E-state index contributed by atoms with van der Waals surface area (Å²) in [5, 5.41) is 30.4. The third-order valence-corrected chi connectivity index (χ3v) is 2.11. The molecule has 8 heteroatoms. The molecule has 0 spiro atoms. The van der Waals surface area contributed by atoms with Crippen molar-refractivity contribution in [2.24, 2.45) is 0 Å². The number of hydrogen-bond acceptors (Lipinski definition) is 6. The summed E-state index contributed by atoms with van der Waals surface area (Å²) in [6, 6.07) is 5.46. The van der Waals surface area contributed by atoms with Gasteiger partial charge in [0.2, 0.25) is 0 Å². The lowest BCUT2D eigenvalue weighted by Crippen LogP contribution is -2.01. The molecule has 19 heavy (non-hydrogen) atoms. The van der Waals surface area contributed by atoms with Crippen molar-refractivity contribution in [3.63, 3.8) is 0 Å². The number of nitrogens with zero attached hydrogens (tertiary/aromatic N) is 2. The number of rotatable bonds is 5. The maximum absolute atomic E-state index is 10.8. The molecular weight excluding hydrogens is 254 g/mol. The molecular formula is C11H9N3O5. The van der Waals surface area contributed by atoms with E-state index in [1.165, 1.54) is 31.4 Å². The molecule has 1 rings (SSSR count). The number of carboxylic acids is 1. The quantitative estimate of drug-likeness (QED) is 0.357. The van der Waals surface area contributed by atoms with Gasteiger partial charge in [-0.25, -0.2) is 4.79 Å². The number of methoxy groups -OCH3 is 1. The average molecular weight is 263 g/mol. The van der Waals surface area contributed by atoms with Gasteiger partial charge in [0.15, 0.2) is 11.3 Å². The highest BCUT2D eigenvalue weighted by atomic mass is 16.6. The number of nitro groups is 1. The molecule has 0 bridgehead atoms. The molecule has 0 unspecified atom stereocenters. The highest BCUT2D eigenvalue weighted by Crippen LogP contribution is 2.29. The number of ether oxygens (including phenoxy) is 1. The van der Waals surface area contributed by atoms with Gasteiger partial charge < -0.3 is 15.2 Å². The van der Waals surface area contributed by atoms with Crippen LogP contribution in [0.25, 0.3) is 0 Å².